The number of aromatic nitrogens is 1. The highest BCUT2D eigenvalue weighted by atomic mass is 32.2. The van der Waals surface area contributed by atoms with Gasteiger partial charge in [-0.2, -0.15) is 0 Å². The van der Waals surface area contributed by atoms with Crippen LogP contribution in [0.5, 0.6) is 5.75 Å². The van der Waals surface area contributed by atoms with E-state index in [2.05, 4.69) is 10.3 Å². The van der Waals surface area contributed by atoms with Crippen LogP contribution in [0.4, 0.5) is 11.4 Å². The van der Waals surface area contributed by atoms with Gasteiger partial charge in [-0.1, -0.05) is 36.0 Å². The van der Waals surface area contributed by atoms with Gasteiger partial charge in [0.25, 0.3) is 5.91 Å². The predicted octanol–water partition coefficient (Wildman–Crippen LogP) is 4.23. The van der Waals surface area contributed by atoms with Crippen LogP contribution in [0.2, 0.25) is 0 Å². The second kappa shape index (κ2) is 8.36. The van der Waals surface area contributed by atoms with Gasteiger partial charge in [0.05, 0.1) is 24.0 Å². The summed E-state index contributed by atoms with van der Waals surface area (Å²) in [7, 11) is 1.56. The molecule has 1 aliphatic heterocycles. The Balaban J connectivity index is 1.56. The van der Waals surface area contributed by atoms with Crippen molar-refractivity contribution < 1.29 is 14.3 Å². The van der Waals surface area contributed by atoms with Gasteiger partial charge in [0.1, 0.15) is 10.8 Å². The van der Waals surface area contributed by atoms with Crippen LogP contribution in [-0.4, -0.2) is 30.5 Å². The molecule has 0 unspecified atom stereocenters. The number of ether oxygens (including phenoxy) is 1. The quantitative estimate of drug-likeness (QED) is 0.688. The summed E-state index contributed by atoms with van der Waals surface area (Å²) < 4.78 is 5.27. The van der Waals surface area contributed by atoms with E-state index in [1.54, 1.807) is 42.5 Å². The molecule has 1 aromatic heterocycles. The number of para-hydroxylation sites is 3. The number of methoxy groups -OCH3 is 1. The molecular formula is C22H19N3O3S. The number of hydrogen-bond acceptors (Lipinski definition) is 5. The molecule has 6 nitrogen and oxygen atoms in total. The van der Waals surface area contributed by atoms with E-state index < -0.39 is 0 Å². The van der Waals surface area contributed by atoms with Crippen molar-refractivity contribution in [1.29, 1.82) is 0 Å². The van der Waals surface area contributed by atoms with Crippen LogP contribution >= 0.6 is 11.8 Å². The third-order valence-electron chi connectivity index (χ3n) is 4.55. The number of rotatable bonds is 5. The maximum absolute atomic E-state index is 13.2. The third-order valence-corrected chi connectivity index (χ3v) is 5.64. The molecule has 2 amide bonds. The lowest BCUT2D eigenvalue weighted by molar-refractivity contribution is -0.116. The van der Waals surface area contributed by atoms with Crippen molar-refractivity contribution >= 4 is 35.0 Å². The lowest BCUT2D eigenvalue weighted by Crippen LogP contribution is -2.34. The minimum absolute atomic E-state index is 0.151. The zero-order chi connectivity index (χ0) is 20.2. The smallest absolute Gasteiger partial charge is 0.261 e. The van der Waals surface area contributed by atoms with Crippen molar-refractivity contribution in [3.05, 3.63) is 72.4 Å². The molecule has 0 aliphatic carbocycles. The SMILES string of the molecule is COc1ccccc1NC(=O)CCN1C(=O)c2cccnc2Sc2ccccc21. The van der Waals surface area contributed by atoms with Crippen molar-refractivity contribution in [1.82, 2.24) is 4.98 Å². The maximum atomic E-state index is 13.2. The van der Waals surface area contributed by atoms with Gasteiger partial charge in [-0.25, -0.2) is 4.98 Å². The van der Waals surface area contributed by atoms with E-state index in [1.165, 1.54) is 11.8 Å². The molecule has 1 aliphatic rings. The van der Waals surface area contributed by atoms with E-state index in [0.717, 1.165) is 10.6 Å². The van der Waals surface area contributed by atoms with Crippen LogP contribution in [0.25, 0.3) is 0 Å². The molecular weight excluding hydrogens is 386 g/mol. The van der Waals surface area contributed by atoms with Crippen LogP contribution in [0.15, 0.2) is 76.8 Å². The fourth-order valence-corrected chi connectivity index (χ4v) is 4.17. The third kappa shape index (κ3) is 3.95. The normalized spacial score (nSPS) is 12.6. The van der Waals surface area contributed by atoms with E-state index in [1.807, 2.05) is 36.4 Å². The van der Waals surface area contributed by atoms with E-state index >= 15 is 0 Å². The van der Waals surface area contributed by atoms with E-state index in [4.69, 9.17) is 4.74 Å². The number of pyridine rings is 1. The fourth-order valence-electron chi connectivity index (χ4n) is 3.16. The molecule has 2 heterocycles. The summed E-state index contributed by atoms with van der Waals surface area (Å²) in [5.41, 5.74) is 1.93. The lowest BCUT2D eigenvalue weighted by atomic mass is 10.2. The number of nitrogens with zero attached hydrogens (tertiary/aromatic N) is 2. The molecule has 4 rings (SSSR count). The van der Waals surface area contributed by atoms with Crippen molar-refractivity contribution in [2.45, 2.75) is 16.3 Å². The molecule has 29 heavy (non-hydrogen) atoms. The number of benzene rings is 2. The van der Waals surface area contributed by atoms with Gasteiger partial charge in [-0.05, 0) is 36.4 Å². The first-order valence-corrected chi connectivity index (χ1v) is 9.95. The Morgan fingerprint density at radius 2 is 1.90 bits per heavy atom. The Bertz CT molecular complexity index is 1070. The Hall–Kier alpha value is -3.32. The molecule has 3 aromatic rings. The molecule has 0 atom stereocenters. The Morgan fingerprint density at radius 3 is 2.76 bits per heavy atom. The fraction of sp³-hybridized carbons (Fsp3) is 0.136. The van der Waals surface area contributed by atoms with Gasteiger partial charge in [0, 0.05) is 24.1 Å². The highest BCUT2D eigenvalue weighted by Crippen LogP contribution is 2.40. The standard InChI is InChI=1S/C22H19N3O3S/c1-28-18-10-4-2-8-16(18)24-20(26)12-14-25-17-9-3-5-11-19(17)29-21-15(22(25)27)7-6-13-23-21/h2-11,13H,12,14H2,1H3,(H,24,26). The molecule has 0 fully saturated rings. The molecule has 146 valence electrons. The second-order valence-corrected chi connectivity index (χ2v) is 7.41. The van der Waals surface area contributed by atoms with Gasteiger partial charge in [-0.15, -0.1) is 0 Å². The highest BCUT2D eigenvalue weighted by Gasteiger charge is 2.28. The maximum Gasteiger partial charge on any atom is 0.261 e. The number of hydrogen-bond donors (Lipinski definition) is 1. The Morgan fingerprint density at radius 1 is 1.10 bits per heavy atom. The average Bonchev–Trinajstić information content (AvgIpc) is 2.87. The summed E-state index contributed by atoms with van der Waals surface area (Å²) in [4.78, 5) is 32.7. The lowest BCUT2D eigenvalue weighted by Gasteiger charge is -2.22. The Labute approximate surface area is 172 Å². The summed E-state index contributed by atoms with van der Waals surface area (Å²) in [6.45, 7) is 0.256. The zero-order valence-electron chi connectivity index (χ0n) is 15.8. The van der Waals surface area contributed by atoms with Crippen molar-refractivity contribution in [2.75, 3.05) is 23.9 Å². The van der Waals surface area contributed by atoms with Crippen LogP contribution in [0.3, 0.4) is 0 Å². The van der Waals surface area contributed by atoms with Crippen LogP contribution in [-0.2, 0) is 4.79 Å². The molecule has 0 bridgehead atoms. The summed E-state index contributed by atoms with van der Waals surface area (Å²) in [6.07, 6.45) is 1.83. The number of anilines is 2. The van der Waals surface area contributed by atoms with Crippen LogP contribution < -0.4 is 15.0 Å². The molecule has 0 spiro atoms. The van der Waals surface area contributed by atoms with Gasteiger partial charge in [-0.3, -0.25) is 9.59 Å². The molecule has 2 aromatic carbocycles. The monoisotopic (exact) mass is 405 g/mol. The van der Waals surface area contributed by atoms with Crippen molar-refractivity contribution in [2.24, 2.45) is 0 Å². The predicted molar refractivity (Wildman–Crippen MR) is 113 cm³/mol. The van der Waals surface area contributed by atoms with Gasteiger partial charge >= 0.3 is 0 Å². The van der Waals surface area contributed by atoms with Gasteiger partial charge < -0.3 is 15.0 Å². The largest absolute Gasteiger partial charge is 0.495 e. The molecule has 0 saturated carbocycles. The Kier molecular flexibility index (Phi) is 5.48. The van der Waals surface area contributed by atoms with Crippen molar-refractivity contribution in [3.63, 3.8) is 0 Å². The van der Waals surface area contributed by atoms with E-state index in [-0.39, 0.29) is 24.8 Å². The number of carbonyl (C=O) groups is 2. The first-order valence-electron chi connectivity index (χ1n) is 9.14. The van der Waals surface area contributed by atoms with Crippen LogP contribution in [0.1, 0.15) is 16.8 Å². The minimum Gasteiger partial charge on any atom is -0.495 e. The molecule has 7 heteroatoms. The number of fused-ring (bicyclic) bond motifs is 2. The van der Waals surface area contributed by atoms with Gasteiger partial charge in [0.15, 0.2) is 0 Å². The van der Waals surface area contributed by atoms with Crippen molar-refractivity contribution in [3.8, 4) is 5.75 Å². The highest BCUT2D eigenvalue weighted by molar-refractivity contribution is 7.99. The van der Waals surface area contributed by atoms with E-state index in [0.29, 0.717) is 22.0 Å². The summed E-state index contributed by atoms with van der Waals surface area (Å²) in [5, 5.41) is 3.53. The molecule has 1 N–H and O–H groups in total. The number of carbonyl (C=O) groups excluding carboxylic acids is 2. The zero-order valence-corrected chi connectivity index (χ0v) is 16.6. The van der Waals surface area contributed by atoms with E-state index in [9.17, 15) is 9.59 Å². The second-order valence-electron chi connectivity index (χ2n) is 6.38. The number of nitrogens with one attached hydrogen (secondary N) is 1. The summed E-state index contributed by atoms with van der Waals surface area (Å²) >= 11 is 1.46. The van der Waals surface area contributed by atoms with Gasteiger partial charge in [0.2, 0.25) is 5.91 Å². The topological polar surface area (TPSA) is 71.5 Å². The van der Waals surface area contributed by atoms with Crippen LogP contribution in [0, 0.1) is 0 Å². The molecule has 0 radical (unpaired) electrons. The minimum atomic E-state index is -0.192. The first kappa shape index (κ1) is 19.0. The average molecular weight is 405 g/mol. The summed E-state index contributed by atoms with van der Waals surface area (Å²) in [6, 6.07) is 18.4. The summed E-state index contributed by atoms with van der Waals surface area (Å²) in [5.74, 6) is 0.243. The number of amides is 2. The first-order chi connectivity index (χ1) is 14.2. The molecule has 0 saturated heterocycles.